The van der Waals surface area contributed by atoms with Gasteiger partial charge in [0.15, 0.2) is 5.76 Å². The number of halogens is 3. The summed E-state index contributed by atoms with van der Waals surface area (Å²) in [6.45, 7) is 1.71. The van der Waals surface area contributed by atoms with Gasteiger partial charge in [0.25, 0.3) is 6.01 Å². The number of hydrogen-bond donors (Lipinski definition) is 3. The monoisotopic (exact) mass is 373 g/mol. The van der Waals surface area contributed by atoms with Crippen LogP contribution < -0.4 is 5.32 Å². The Labute approximate surface area is 151 Å². The molecule has 27 heavy (non-hydrogen) atoms. The molecular weight excluding hydrogens is 359 g/mol. The largest absolute Gasteiger partial charge is 0.506 e. The molecule has 0 radical (unpaired) electrons. The zero-order valence-corrected chi connectivity index (χ0v) is 14.1. The van der Waals surface area contributed by atoms with Gasteiger partial charge < -0.3 is 19.8 Å². The highest BCUT2D eigenvalue weighted by Crippen LogP contribution is 2.34. The van der Waals surface area contributed by atoms with E-state index in [-0.39, 0.29) is 11.8 Å². The molecule has 0 spiro atoms. The molecule has 2 aromatic carbocycles. The molecule has 4 rings (SSSR count). The summed E-state index contributed by atoms with van der Waals surface area (Å²) in [6, 6.07) is 10.2. The molecule has 0 aliphatic carbocycles. The number of H-pyrrole nitrogens is 1. The summed E-state index contributed by atoms with van der Waals surface area (Å²) < 4.78 is 43.8. The van der Waals surface area contributed by atoms with Crippen LogP contribution in [-0.4, -0.2) is 15.1 Å². The Morgan fingerprint density at radius 1 is 1.11 bits per heavy atom. The fourth-order valence-electron chi connectivity index (χ4n) is 2.84. The molecule has 5 nitrogen and oxygen atoms in total. The molecule has 0 aliphatic rings. The van der Waals surface area contributed by atoms with Crippen LogP contribution in [0.4, 0.5) is 24.9 Å². The van der Waals surface area contributed by atoms with Gasteiger partial charge in [0.05, 0.1) is 11.3 Å². The first kappa shape index (κ1) is 17.0. The Kier molecular flexibility index (Phi) is 3.83. The molecule has 8 heteroatoms. The van der Waals surface area contributed by atoms with Crippen molar-refractivity contribution in [3.05, 3.63) is 59.9 Å². The Balaban J connectivity index is 1.61. The Morgan fingerprint density at radius 2 is 1.85 bits per heavy atom. The molecule has 4 aromatic rings. The summed E-state index contributed by atoms with van der Waals surface area (Å²) in [5, 5.41) is 13.4. The number of aryl methyl sites for hydroxylation is 1. The minimum absolute atomic E-state index is 0.127. The molecule has 0 unspecified atom stereocenters. The van der Waals surface area contributed by atoms with E-state index in [0.717, 1.165) is 17.6 Å². The minimum Gasteiger partial charge on any atom is -0.506 e. The van der Waals surface area contributed by atoms with E-state index >= 15 is 0 Å². The number of aromatic hydroxyl groups is 1. The van der Waals surface area contributed by atoms with E-state index in [1.165, 1.54) is 18.3 Å². The maximum Gasteiger partial charge on any atom is 0.416 e. The van der Waals surface area contributed by atoms with Crippen LogP contribution in [0.5, 0.6) is 5.75 Å². The lowest BCUT2D eigenvalue weighted by molar-refractivity contribution is -0.137. The molecule has 2 heterocycles. The van der Waals surface area contributed by atoms with Crippen molar-refractivity contribution in [3.8, 4) is 17.1 Å². The molecule has 0 fully saturated rings. The summed E-state index contributed by atoms with van der Waals surface area (Å²) in [5.41, 5.74) is 1.76. The van der Waals surface area contributed by atoms with Crippen molar-refractivity contribution >= 4 is 22.6 Å². The summed E-state index contributed by atoms with van der Waals surface area (Å²) >= 11 is 0. The second-order valence-electron chi connectivity index (χ2n) is 6.07. The first-order valence-corrected chi connectivity index (χ1v) is 8.03. The maximum atomic E-state index is 12.7. The van der Waals surface area contributed by atoms with Gasteiger partial charge in [-0.2, -0.15) is 18.2 Å². The number of hydrogen-bond acceptors (Lipinski definition) is 4. The molecule has 2 aromatic heterocycles. The topological polar surface area (TPSA) is 74.1 Å². The van der Waals surface area contributed by atoms with Gasteiger partial charge in [0, 0.05) is 28.4 Å². The van der Waals surface area contributed by atoms with Gasteiger partial charge >= 0.3 is 6.18 Å². The van der Waals surface area contributed by atoms with E-state index in [1.807, 2.05) is 0 Å². The zero-order chi connectivity index (χ0) is 19.2. The van der Waals surface area contributed by atoms with Crippen LogP contribution in [0.2, 0.25) is 0 Å². The predicted octanol–water partition coefficient (Wildman–Crippen LogP) is 5.60. The van der Waals surface area contributed by atoms with Gasteiger partial charge in [-0.25, -0.2) is 0 Å². The molecule has 0 saturated carbocycles. The van der Waals surface area contributed by atoms with Gasteiger partial charge in [0.2, 0.25) is 0 Å². The first-order valence-electron chi connectivity index (χ1n) is 8.03. The number of nitrogens with zero attached hydrogens (tertiary/aromatic N) is 1. The van der Waals surface area contributed by atoms with Crippen LogP contribution in [0.3, 0.4) is 0 Å². The number of fused-ring (bicyclic) bond motifs is 1. The van der Waals surface area contributed by atoms with Crippen molar-refractivity contribution in [1.29, 1.82) is 0 Å². The molecule has 0 bridgehead atoms. The predicted molar refractivity (Wildman–Crippen MR) is 94.9 cm³/mol. The highest BCUT2D eigenvalue weighted by molar-refractivity contribution is 5.89. The third-order valence-electron chi connectivity index (χ3n) is 4.18. The second kappa shape index (κ2) is 6.08. The molecule has 0 aliphatic heterocycles. The average Bonchev–Trinajstić information content (AvgIpc) is 3.17. The molecule has 138 valence electrons. The number of aromatic nitrogens is 2. The van der Waals surface area contributed by atoms with Gasteiger partial charge in [-0.15, -0.1) is 0 Å². The van der Waals surface area contributed by atoms with E-state index in [2.05, 4.69) is 15.3 Å². The molecule has 3 N–H and O–H groups in total. The quantitative estimate of drug-likeness (QED) is 0.437. The Hall–Kier alpha value is -3.42. The van der Waals surface area contributed by atoms with Crippen molar-refractivity contribution in [2.45, 2.75) is 13.1 Å². The normalized spacial score (nSPS) is 11.9. The lowest BCUT2D eigenvalue weighted by Crippen LogP contribution is -2.03. The van der Waals surface area contributed by atoms with E-state index in [1.54, 1.807) is 25.1 Å². The van der Waals surface area contributed by atoms with Gasteiger partial charge in [-0.05, 0) is 37.3 Å². The van der Waals surface area contributed by atoms with Gasteiger partial charge in [-0.3, -0.25) is 0 Å². The van der Waals surface area contributed by atoms with Crippen molar-refractivity contribution in [3.63, 3.8) is 0 Å². The number of oxazole rings is 1. The van der Waals surface area contributed by atoms with Crippen LogP contribution in [0.1, 0.15) is 11.3 Å². The van der Waals surface area contributed by atoms with Crippen molar-refractivity contribution < 1.29 is 22.7 Å². The number of alkyl halides is 3. The lowest BCUT2D eigenvalue weighted by Gasteiger charge is -2.06. The number of nitrogens with one attached hydrogen (secondary N) is 2. The fourth-order valence-corrected chi connectivity index (χ4v) is 2.84. The van der Waals surface area contributed by atoms with E-state index in [9.17, 15) is 18.3 Å². The van der Waals surface area contributed by atoms with Crippen LogP contribution in [0.25, 0.3) is 22.2 Å². The van der Waals surface area contributed by atoms with Crippen molar-refractivity contribution in [2.75, 3.05) is 5.32 Å². The van der Waals surface area contributed by atoms with Crippen molar-refractivity contribution in [1.82, 2.24) is 9.97 Å². The fraction of sp³-hybridized carbons (Fsp3) is 0.105. The Bertz CT molecular complexity index is 1110. The molecule has 0 saturated heterocycles. The highest BCUT2D eigenvalue weighted by atomic mass is 19.4. The first-order chi connectivity index (χ1) is 12.8. The maximum absolute atomic E-state index is 12.7. The molecule has 0 atom stereocenters. The van der Waals surface area contributed by atoms with Gasteiger partial charge in [0.1, 0.15) is 5.75 Å². The standard InChI is InChI=1S/C19H14F3N3O2/c1-10-17(11-2-4-12(5-3-11)19(20,21)22)27-18(24-10)25-13-6-7-15-14(8-13)16(26)9-23-15/h2-9,23,26H,1H3,(H,24,25). The molecular formula is C19H14F3N3O2. The highest BCUT2D eigenvalue weighted by Gasteiger charge is 2.30. The lowest BCUT2D eigenvalue weighted by atomic mass is 10.1. The summed E-state index contributed by atoms with van der Waals surface area (Å²) in [4.78, 5) is 7.21. The third kappa shape index (κ3) is 3.21. The number of rotatable bonds is 3. The van der Waals surface area contributed by atoms with Crippen LogP contribution in [0, 0.1) is 6.92 Å². The third-order valence-corrected chi connectivity index (χ3v) is 4.18. The van der Waals surface area contributed by atoms with Crippen molar-refractivity contribution in [2.24, 2.45) is 0 Å². The SMILES string of the molecule is Cc1nc(Nc2ccc3[nH]cc(O)c3c2)oc1-c1ccc(C(F)(F)F)cc1. The van der Waals surface area contributed by atoms with E-state index in [4.69, 9.17) is 4.42 Å². The summed E-state index contributed by atoms with van der Waals surface area (Å²) in [6.07, 6.45) is -2.89. The second-order valence-corrected chi connectivity index (χ2v) is 6.07. The van der Waals surface area contributed by atoms with E-state index in [0.29, 0.717) is 28.1 Å². The number of aromatic amines is 1. The Morgan fingerprint density at radius 3 is 2.56 bits per heavy atom. The number of benzene rings is 2. The summed E-state index contributed by atoms with van der Waals surface area (Å²) in [5.74, 6) is 0.513. The average molecular weight is 373 g/mol. The summed E-state index contributed by atoms with van der Waals surface area (Å²) in [7, 11) is 0. The van der Waals surface area contributed by atoms with Crippen LogP contribution >= 0.6 is 0 Å². The van der Waals surface area contributed by atoms with E-state index < -0.39 is 11.7 Å². The smallest absolute Gasteiger partial charge is 0.416 e. The number of anilines is 2. The molecule has 0 amide bonds. The zero-order valence-electron chi connectivity index (χ0n) is 14.1. The van der Waals surface area contributed by atoms with Crippen LogP contribution in [0.15, 0.2) is 53.1 Å². The van der Waals surface area contributed by atoms with Crippen LogP contribution in [-0.2, 0) is 6.18 Å². The minimum atomic E-state index is -4.38. The van der Waals surface area contributed by atoms with Gasteiger partial charge in [-0.1, -0.05) is 12.1 Å².